The molecule has 0 aliphatic carbocycles. The Balaban J connectivity index is 2.08. The van der Waals surface area contributed by atoms with Gasteiger partial charge in [-0.25, -0.2) is 9.97 Å². The van der Waals surface area contributed by atoms with Crippen LogP contribution in [0.25, 0.3) is 0 Å². The van der Waals surface area contributed by atoms with Crippen LogP contribution in [0.1, 0.15) is 12.8 Å². The molecule has 76 valence electrons. The van der Waals surface area contributed by atoms with Crippen LogP contribution in [-0.2, 0) is 0 Å². The van der Waals surface area contributed by atoms with E-state index in [1.54, 1.807) is 6.07 Å². The van der Waals surface area contributed by atoms with Crippen molar-refractivity contribution >= 4 is 11.6 Å². The average Bonchev–Trinajstić information content (AvgIpc) is 2.19. The summed E-state index contributed by atoms with van der Waals surface area (Å²) in [5, 5.41) is 9.34. The molecular weight excluding hydrogens is 180 g/mol. The summed E-state index contributed by atoms with van der Waals surface area (Å²) in [6.07, 6.45) is 2.90. The number of hydrogen-bond acceptors (Lipinski definition) is 5. The third-order valence-corrected chi connectivity index (χ3v) is 2.46. The highest BCUT2D eigenvalue weighted by atomic mass is 16.3. The highest BCUT2D eigenvalue weighted by molar-refractivity contribution is 5.46. The molecule has 2 heterocycles. The van der Waals surface area contributed by atoms with Crippen molar-refractivity contribution in [2.45, 2.75) is 18.9 Å². The molecule has 1 fully saturated rings. The van der Waals surface area contributed by atoms with Gasteiger partial charge in [-0.15, -0.1) is 0 Å². The van der Waals surface area contributed by atoms with E-state index in [0.717, 1.165) is 31.7 Å². The predicted octanol–water partition coefficient (Wildman–Crippen LogP) is 0.0199. The van der Waals surface area contributed by atoms with Gasteiger partial charge in [0, 0.05) is 19.2 Å². The van der Waals surface area contributed by atoms with Crippen LogP contribution < -0.4 is 10.6 Å². The van der Waals surface area contributed by atoms with E-state index < -0.39 is 0 Å². The number of piperidine rings is 1. The number of anilines is 2. The molecule has 1 saturated heterocycles. The zero-order chi connectivity index (χ0) is 9.97. The Kier molecular flexibility index (Phi) is 2.49. The van der Waals surface area contributed by atoms with Crippen molar-refractivity contribution in [2.75, 3.05) is 23.7 Å². The zero-order valence-electron chi connectivity index (χ0n) is 7.93. The van der Waals surface area contributed by atoms with E-state index in [1.807, 2.05) is 0 Å². The van der Waals surface area contributed by atoms with Gasteiger partial charge in [-0.1, -0.05) is 0 Å². The second kappa shape index (κ2) is 3.79. The minimum absolute atomic E-state index is 0.162. The Hall–Kier alpha value is -1.36. The summed E-state index contributed by atoms with van der Waals surface area (Å²) >= 11 is 0. The standard InChI is InChI=1S/C9H14N4O/c10-8-5-9(12-6-11-8)13-3-1-7(14)2-4-13/h5-7,14H,1-4H2,(H2,10,11,12). The fraction of sp³-hybridized carbons (Fsp3) is 0.556. The van der Waals surface area contributed by atoms with Crippen molar-refractivity contribution in [1.82, 2.24) is 9.97 Å². The molecule has 5 heteroatoms. The van der Waals surface area contributed by atoms with Crippen LogP contribution in [0.15, 0.2) is 12.4 Å². The molecule has 1 aromatic heterocycles. The van der Waals surface area contributed by atoms with Crippen molar-refractivity contribution in [3.8, 4) is 0 Å². The number of nitrogens with two attached hydrogens (primary N) is 1. The highest BCUT2D eigenvalue weighted by Crippen LogP contribution is 2.18. The van der Waals surface area contributed by atoms with Crippen molar-refractivity contribution < 1.29 is 5.11 Å². The number of aromatic nitrogens is 2. The number of aliphatic hydroxyl groups excluding tert-OH is 1. The molecule has 1 aliphatic heterocycles. The normalized spacial score (nSPS) is 18.5. The second-order valence-corrected chi connectivity index (χ2v) is 3.52. The number of nitrogens with zero attached hydrogens (tertiary/aromatic N) is 3. The van der Waals surface area contributed by atoms with Crippen LogP contribution in [0.2, 0.25) is 0 Å². The molecule has 0 amide bonds. The van der Waals surface area contributed by atoms with E-state index in [4.69, 9.17) is 5.73 Å². The topological polar surface area (TPSA) is 75.3 Å². The van der Waals surface area contributed by atoms with Crippen LogP contribution >= 0.6 is 0 Å². The minimum atomic E-state index is -0.162. The summed E-state index contributed by atoms with van der Waals surface area (Å²) in [6, 6.07) is 1.76. The van der Waals surface area contributed by atoms with Gasteiger partial charge in [0.1, 0.15) is 18.0 Å². The molecule has 0 unspecified atom stereocenters. The lowest BCUT2D eigenvalue weighted by Gasteiger charge is -2.30. The maximum Gasteiger partial charge on any atom is 0.134 e. The van der Waals surface area contributed by atoms with Gasteiger partial charge in [-0.05, 0) is 12.8 Å². The third-order valence-electron chi connectivity index (χ3n) is 2.46. The van der Waals surface area contributed by atoms with Gasteiger partial charge in [-0.3, -0.25) is 0 Å². The van der Waals surface area contributed by atoms with Crippen LogP contribution in [0.4, 0.5) is 11.6 Å². The lowest BCUT2D eigenvalue weighted by Crippen LogP contribution is -2.36. The fourth-order valence-corrected chi connectivity index (χ4v) is 1.63. The van der Waals surface area contributed by atoms with Gasteiger partial charge < -0.3 is 15.7 Å². The Labute approximate surface area is 82.6 Å². The largest absolute Gasteiger partial charge is 0.393 e. The molecule has 0 saturated carbocycles. The van der Waals surface area contributed by atoms with Gasteiger partial charge in [0.05, 0.1) is 6.10 Å². The zero-order valence-corrected chi connectivity index (χ0v) is 7.93. The maximum atomic E-state index is 9.34. The van der Waals surface area contributed by atoms with Gasteiger partial charge >= 0.3 is 0 Å². The van der Waals surface area contributed by atoms with Crippen LogP contribution in [0.5, 0.6) is 0 Å². The monoisotopic (exact) mass is 194 g/mol. The molecule has 1 aliphatic rings. The number of aliphatic hydroxyl groups is 1. The molecule has 0 radical (unpaired) electrons. The predicted molar refractivity (Wildman–Crippen MR) is 53.9 cm³/mol. The second-order valence-electron chi connectivity index (χ2n) is 3.52. The minimum Gasteiger partial charge on any atom is -0.393 e. The lowest BCUT2D eigenvalue weighted by atomic mass is 10.1. The first-order valence-electron chi connectivity index (χ1n) is 4.76. The average molecular weight is 194 g/mol. The number of rotatable bonds is 1. The third kappa shape index (κ3) is 1.93. The summed E-state index contributed by atoms with van der Waals surface area (Å²) < 4.78 is 0. The SMILES string of the molecule is Nc1cc(N2CCC(O)CC2)ncn1. The van der Waals surface area contributed by atoms with Gasteiger partial charge in [0.15, 0.2) is 0 Å². The van der Waals surface area contributed by atoms with Gasteiger partial charge in [-0.2, -0.15) is 0 Å². The Bertz CT molecular complexity index is 309. The summed E-state index contributed by atoms with van der Waals surface area (Å²) in [5.74, 6) is 1.34. The molecule has 0 spiro atoms. The van der Waals surface area contributed by atoms with Crippen LogP contribution in [-0.4, -0.2) is 34.3 Å². The molecular formula is C9H14N4O. The van der Waals surface area contributed by atoms with Crippen molar-refractivity contribution in [3.63, 3.8) is 0 Å². The van der Waals surface area contributed by atoms with E-state index in [0.29, 0.717) is 5.82 Å². The Morgan fingerprint density at radius 2 is 2.07 bits per heavy atom. The number of nitrogen functional groups attached to an aromatic ring is 1. The van der Waals surface area contributed by atoms with Crippen molar-refractivity contribution in [2.24, 2.45) is 0 Å². The molecule has 2 rings (SSSR count). The molecule has 0 atom stereocenters. The fourth-order valence-electron chi connectivity index (χ4n) is 1.63. The smallest absolute Gasteiger partial charge is 0.134 e. The molecule has 5 nitrogen and oxygen atoms in total. The first kappa shape index (κ1) is 9.21. The molecule has 14 heavy (non-hydrogen) atoms. The van der Waals surface area contributed by atoms with E-state index in [2.05, 4.69) is 14.9 Å². The van der Waals surface area contributed by atoms with Gasteiger partial charge in [0.25, 0.3) is 0 Å². The number of hydrogen-bond donors (Lipinski definition) is 2. The molecule has 1 aromatic rings. The summed E-state index contributed by atoms with van der Waals surface area (Å²) in [4.78, 5) is 10.1. The Morgan fingerprint density at radius 1 is 1.36 bits per heavy atom. The van der Waals surface area contributed by atoms with E-state index in [-0.39, 0.29) is 6.10 Å². The summed E-state index contributed by atoms with van der Waals surface area (Å²) in [6.45, 7) is 1.66. The lowest BCUT2D eigenvalue weighted by molar-refractivity contribution is 0.145. The van der Waals surface area contributed by atoms with Gasteiger partial charge in [0.2, 0.25) is 0 Å². The molecule has 0 aromatic carbocycles. The van der Waals surface area contributed by atoms with E-state index in [9.17, 15) is 5.11 Å². The van der Waals surface area contributed by atoms with Crippen molar-refractivity contribution in [1.29, 1.82) is 0 Å². The maximum absolute atomic E-state index is 9.34. The first-order valence-corrected chi connectivity index (χ1v) is 4.76. The summed E-state index contributed by atoms with van der Waals surface area (Å²) in [7, 11) is 0. The molecule has 3 N–H and O–H groups in total. The quantitative estimate of drug-likeness (QED) is 0.659. The Morgan fingerprint density at radius 3 is 2.71 bits per heavy atom. The van der Waals surface area contributed by atoms with Crippen LogP contribution in [0, 0.1) is 0 Å². The summed E-state index contributed by atoms with van der Waals surface area (Å²) in [5.41, 5.74) is 5.57. The van der Waals surface area contributed by atoms with E-state index >= 15 is 0 Å². The van der Waals surface area contributed by atoms with Crippen molar-refractivity contribution in [3.05, 3.63) is 12.4 Å². The first-order chi connectivity index (χ1) is 6.75. The van der Waals surface area contributed by atoms with E-state index in [1.165, 1.54) is 6.33 Å². The van der Waals surface area contributed by atoms with Crippen LogP contribution in [0.3, 0.4) is 0 Å². The highest BCUT2D eigenvalue weighted by Gasteiger charge is 2.17. The molecule has 0 bridgehead atoms.